The van der Waals surface area contributed by atoms with Crippen molar-refractivity contribution in [1.82, 2.24) is 15.3 Å². The van der Waals surface area contributed by atoms with Gasteiger partial charge in [0.1, 0.15) is 5.69 Å². The second-order valence-corrected chi connectivity index (χ2v) is 5.34. The molecule has 1 heterocycles. The van der Waals surface area contributed by atoms with Crippen LogP contribution in [0.25, 0.3) is 0 Å². The van der Waals surface area contributed by atoms with Crippen LogP contribution < -0.4 is 5.32 Å². The molecule has 1 aromatic heterocycles. The molecule has 1 amide bonds. The van der Waals surface area contributed by atoms with Crippen LogP contribution in [0.2, 0.25) is 0 Å². The largest absolute Gasteiger partial charge is 0.476 e. The predicted octanol–water partition coefficient (Wildman–Crippen LogP) is 1.88. The maximum atomic E-state index is 12.0. The molecule has 108 valence electrons. The first-order valence-corrected chi connectivity index (χ1v) is 6.90. The van der Waals surface area contributed by atoms with Crippen LogP contribution in [0.5, 0.6) is 0 Å². The van der Waals surface area contributed by atoms with Crippen molar-refractivity contribution in [2.45, 2.75) is 39.0 Å². The molecule has 0 spiro atoms. The highest BCUT2D eigenvalue weighted by molar-refractivity contribution is 5.92. The van der Waals surface area contributed by atoms with Gasteiger partial charge in [-0.15, -0.1) is 0 Å². The molecule has 1 aliphatic rings. The van der Waals surface area contributed by atoms with Crippen molar-refractivity contribution in [3.63, 3.8) is 0 Å². The third-order valence-electron chi connectivity index (χ3n) is 4.14. The van der Waals surface area contributed by atoms with E-state index < -0.39 is 5.97 Å². The van der Waals surface area contributed by atoms with Crippen molar-refractivity contribution in [2.75, 3.05) is 6.54 Å². The van der Waals surface area contributed by atoms with Crippen LogP contribution in [0.1, 0.15) is 60.0 Å². The van der Waals surface area contributed by atoms with E-state index in [-0.39, 0.29) is 22.7 Å². The van der Waals surface area contributed by atoms with Crippen molar-refractivity contribution < 1.29 is 14.7 Å². The van der Waals surface area contributed by atoms with Gasteiger partial charge in [-0.1, -0.05) is 19.8 Å². The van der Waals surface area contributed by atoms with Crippen LogP contribution in [0.3, 0.4) is 0 Å². The Morgan fingerprint density at radius 1 is 1.25 bits per heavy atom. The molecule has 0 bridgehead atoms. The molecule has 20 heavy (non-hydrogen) atoms. The molecule has 1 fully saturated rings. The first kappa shape index (κ1) is 14.4. The molecule has 0 unspecified atom stereocenters. The number of aromatic carboxylic acids is 1. The van der Waals surface area contributed by atoms with Crippen LogP contribution in [0.15, 0.2) is 12.4 Å². The zero-order chi connectivity index (χ0) is 14.6. The van der Waals surface area contributed by atoms with Crippen LogP contribution in [0, 0.1) is 5.41 Å². The summed E-state index contributed by atoms with van der Waals surface area (Å²) in [4.78, 5) is 30.2. The number of hydrogen-bond acceptors (Lipinski definition) is 4. The Hall–Kier alpha value is -1.98. The molecule has 0 aromatic carbocycles. The van der Waals surface area contributed by atoms with Gasteiger partial charge in [-0.3, -0.25) is 4.79 Å². The zero-order valence-corrected chi connectivity index (χ0v) is 11.6. The Morgan fingerprint density at radius 2 is 1.85 bits per heavy atom. The highest BCUT2D eigenvalue weighted by atomic mass is 16.4. The fourth-order valence-corrected chi connectivity index (χ4v) is 2.69. The third kappa shape index (κ3) is 3.12. The summed E-state index contributed by atoms with van der Waals surface area (Å²) in [6.45, 7) is 2.80. The van der Waals surface area contributed by atoms with Gasteiger partial charge in [0.05, 0.1) is 12.4 Å². The summed E-state index contributed by atoms with van der Waals surface area (Å²) in [5, 5.41) is 11.6. The molecule has 0 saturated heterocycles. The second kappa shape index (κ2) is 5.98. The first-order chi connectivity index (χ1) is 9.56. The number of aromatic nitrogens is 2. The van der Waals surface area contributed by atoms with Gasteiger partial charge in [-0.05, 0) is 24.7 Å². The lowest BCUT2D eigenvalue weighted by molar-refractivity contribution is 0.0689. The predicted molar refractivity (Wildman–Crippen MR) is 72.5 cm³/mol. The number of carboxylic acids is 1. The van der Waals surface area contributed by atoms with Gasteiger partial charge in [-0.2, -0.15) is 0 Å². The maximum absolute atomic E-state index is 12.0. The van der Waals surface area contributed by atoms with Crippen LogP contribution in [-0.4, -0.2) is 33.5 Å². The first-order valence-electron chi connectivity index (χ1n) is 6.90. The summed E-state index contributed by atoms with van der Waals surface area (Å²) >= 11 is 0. The van der Waals surface area contributed by atoms with Gasteiger partial charge in [-0.25, -0.2) is 14.8 Å². The molecule has 0 radical (unpaired) electrons. The molecule has 1 aromatic rings. The Balaban J connectivity index is 1.96. The van der Waals surface area contributed by atoms with Gasteiger partial charge in [0.15, 0.2) is 5.69 Å². The van der Waals surface area contributed by atoms with Gasteiger partial charge in [0.2, 0.25) is 0 Å². The lowest BCUT2D eigenvalue weighted by atomic mass is 9.83. The molecule has 2 rings (SSSR count). The maximum Gasteiger partial charge on any atom is 0.356 e. The van der Waals surface area contributed by atoms with Gasteiger partial charge in [0, 0.05) is 6.54 Å². The molecule has 0 atom stereocenters. The monoisotopic (exact) mass is 277 g/mol. The second-order valence-electron chi connectivity index (χ2n) is 5.34. The fourth-order valence-electron chi connectivity index (χ4n) is 2.69. The van der Waals surface area contributed by atoms with Gasteiger partial charge < -0.3 is 10.4 Å². The summed E-state index contributed by atoms with van der Waals surface area (Å²) in [6.07, 6.45) is 8.08. The quantitative estimate of drug-likeness (QED) is 0.857. The van der Waals surface area contributed by atoms with E-state index in [1.807, 2.05) is 0 Å². The number of hydrogen-bond donors (Lipinski definition) is 2. The zero-order valence-electron chi connectivity index (χ0n) is 11.6. The van der Waals surface area contributed by atoms with Crippen molar-refractivity contribution >= 4 is 11.9 Å². The summed E-state index contributed by atoms with van der Waals surface area (Å²) in [7, 11) is 0. The molecular weight excluding hydrogens is 258 g/mol. The summed E-state index contributed by atoms with van der Waals surface area (Å²) in [5.74, 6) is -1.45. The van der Waals surface area contributed by atoms with Crippen LogP contribution in [0.4, 0.5) is 0 Å². The Bertz CT molecular complexity index is 493. The van der Waals surface area contributed by atoms with E-state index in [2.05, 4.69) is 22.2 Å². The Morgan fingerprint density at radius 3 is 2.35 bits per heavy atom. The summed E-state index contributed by atoms with van der Waals surface area (Å²) in [5.41, 5.74) is 0.200. The third-order valence-corrected chi connectivity index (χ3v) is 4.14. The van der Waals surface area contributed by atoms with E-state index in [0.29, 0.717) is 6.54 Å². The SMILES string of the molecule is CCC1(CNC(=O)c2cnc(C(=O)O)cn2)CCCC1. The topological polar surface area (TPSA) is 92.2 Å². The summed E-state index contributed by atoms with van der Waals surface area (Å²) < 4.78 is 0. The highest BCUT2D eigenvalue weighted by Gasteiger charge is 2.32. The minimum Gasteiger partial charge on any atom is -0.476 e. The molecule has 6 heteroatoms. The lowest BCUT2D eigenvalue weighted by Gasteiger charge is -2.27. The standard InChI is InChI=1S/C14H19N3O3/c1-2-14(5-3-4-6-14)9-17-12(18)10-7-16-11(8-15-10)13(19)20/h7-8H,2-6,9H2,1H3,(H,17,18)(H,19,20). The lowest BCUT2D eigenvalue weighted by Crippen LogP contribution is -2.36. The normalized spacial score (nSPS) is 16.9. The minimum atomic E-state index is -1.15. The highest BCUT2D eigenvalue weighted by Crippen LogP contribution is 2.40. The van der Waals surface area contributed by atoms with Gasteiger partial charge >= 0.3 is 5.97 Å². The van der Waals surface area contributed by atoms with E-state index in [4.69, 9.17) is 5.11 Å². The summed E-state index contributed by atoms with van der Waals surface area (Å²) in [6, 6.07) is 0. The van der Waals surface area contributed by atoms with E-state index >= 15 is 0 Å². The van der Waals surface area contributed by atoms with Crippen molar-refractivity contribution in [3.8, 4) is 0 Å². The molecule has 0 aliphatic heterocycles. The van der Waals surface area contributed by atoms with Gasteiger partial charge in [0.25, 0.3) is 5.91 Å². The fraction of sp³-hybridized carbons (Fsp3) is 0.571. The number of carbonyl (C=O) groups excluding carboxylic acids is 1. The molecular formula is C14H19N3O3. The number of rotatable bonds is 5. The Kier molecular flexibility index (Phi) is 4.32. The van der Waals surface area contributed by atoms with E-state index in [1.54, 1.807) is 0 Å². The number of nitrogens with zero attached hydrogens (tertiary/aromatic N) is 2. The number of carbonyl (C=O) groups is 2. The van der Waals surface area contributed by atoms with E-state index in [9.17, 15) is 9.59 Å². The van der Waals surface area contributed by atoms with Crippen molar-refractivity contribution in [3.05, 3.63) is 23.8 Å². The smallest absolute Gasteiger partial charge is 0.356 e. The number of nitrogens with one attached hydrogen (secondary N) is 1. The average Bonchev–Trinajstić information content (AvgIpc) is 2.94. The molecule has 1 saturated carbocycles. The number of carboxylic acid groups (broad SMARTS) is 1. The van der Waals surface area contributed by atoms with Crippen LogP contribution in [-0.2, 0) is 0 Å². The van der Waals surface area contributed by atoms with Crippen LogP contribution >= 0.6 is 0 Å². The minimum absolute atomic E-state index is 0.152. The molecule has 6 nitrogen and oxygen atoms in total. The number of amides is 1. The van der Waals surface area contributed by atoms with Crippen molar-refractivity contribution in [1.29, 1.82) is 0 Å². The average molecular weight is 277 g/mol. The van der Waals surface area contributed by atoms with Crippen molar-refractivity contribution in [2.24, 2.45) is 5.41 Å². The molecule has 2 N–H and O–H groups in total. The molecule has 1 aliphatic carbocycles. The Labute approximate surface area is 117 Å². The van der Waals surface area contributed by atoms with E-state index in [1.165, 1.54) is 19.0 Å². The van der Waals surface area contributed by atoms with E-state index in [0.717, 1.165) is 25.5 Å².